The van der Waals surface area contributed by atoms with Crippen LogP contribution in [0.1, 0.15) is 37.4 Å². The van der Waals surface area contributed by atoms with Gasteiger partial charge < -0.3 is 20.1 Å². The van der Waals surface area contributed by atoms with Crippen LogP contribution in [0.15, 0.2) is 28.6 Å². The van der Waals surface area contributed by atoms with E-state index in [0.29, 0.717) is 29.9 Å². The minimum Gasteiger partial charge on any atom is -0.493 e. The zero-order valence-electron chi connectivity index (χ0n) is 15.8. The van der Waals surface area contributed by atoms with E-state index in [1.807, 2.05) is 25.1 Å². The molecule has 0 atom stereocenters. The van der Waals surface area contributed by atoms with E-state index in [4.69, 9.17) is 9.47 Å². The van der Waals surface area contributed by atoms with Gasteiger partial charge in [0.2, 0.25) is 0 Å². The molecule has 1 aromatic heterocycles. The van der Waals surface area contributed by atoms with Gasteiger partial charge in [0.1, 0.15) is 0 Å². The molecule has 8 heteroatoms. The largest absolute Gasteiger partial charge is 0.493 e. The van der Waals surface area contributed by atoms with Gasteiger partial charge in [-0.05, 0) is 19.1 Å². The van der Waals surface area contributed by atoms with Crippen LogP contribution in [0.4, 0.5) is 5.69 Å². The fourth-order valence-corrected chi connectivity index (χ4v) is 3.00. The first-order chi connectivity index (χ1) is 12.1. The first-order valence-corrected chi connectivity index (χ1v) is 9.17. The molecule has 2 rings (SSSR count). The quantitative estimate of drug-likeness (QED) is 0.341. The van der Waals surface area contributed by atoms with Crippen molar-refractivity contribution in [1.29, 1.82) is 0 Å². The number of hydrogen-bond acceptors (Lipinski definition) is 5. The van der Waals surface area contributed by atoms with Crippen molar-refractivity contribution in [3.05, 3.63) is 34.3 Å². The van der Waals surface area contributed by atoms with Gasteiger partial charge in [-0.1, -0.05) is 13.8 Å². The van der Waals surface area contributed by atoms with E-state index in [1.165, 1.54) is 0 Å². The highest BCUT2D eigenvalue weighted by molar-refractivity contribution is 14.0. The zero-order valence-corrected chi connectivity index (χ0v) is 19.0. The molecule has 0 saturated carbocycles. The predicted octanol–water partition coefficient (Wildman–Crippen LogP) is 4.48. The van der Waals surface area contributed by atoms with Crippen LogP contribution in [-0.4, -0.2) is 31.7 Å². The second kappa shape index (κ2) is 11.2. The van der Waals surface area contributed by atoms with Gasteiger partial charge in [0.05, 0.1) is 31.5 Å². The first kappa shape index (κ1) is 22.5. The lowest BCUT2D eigenvalue weighted by Crippen LogP contribution is -2.30. The molecule has 1 aromatic carbocycles. The molecule has 0 unspecified atom stereocenters. The highest BCUT2D eigenvalue weighted by atomic mass is 127. The second-order valence-electron chi connectivity index (χ2n) is 5.72. The van der Waals surface area contributed by atoms with Crippen molar-refractivity contribution >= 4 is 47.0 Å². The Morgan fingerprint density at radius 2 is 1.96 bits per heavy atom. The van der Waals surface area contributed by atoms with Gasteiger partial charge >= 0.3 is 0 Å². The summed E-state index contributed by atoms with van der Waals surface area (Å²) in [7, 11) is 3.24. The number of halogens is 1. The van der Waals surface area contributed by atoms with E-state index < -0.39 is 0 Å². The van der Waals surface area contributed by atoms with Crippen molar-refractivity contribution in [2.24, 2.45) is 4.99 Å². The molecule has 6 nitrogen and oxygen atoms in total. The predicted molar refractivity (Wildman–Crippen MR) is 120 cm³/mol. The maximum Gasteiger partial charge on any atom is 0.196 e. The molecule has 1 heterocycles. The highest BCUT2D eigenvalue weighted by Crippen LogP contribution is 2.29. The summed E-state index contributed by atoms with van der Waals surface area (Å²) in [5.74, 6) is 2.51. The Morgan fingerprint density at radius 1 is 1.23 bits per heavy atom. The lowest BCUT2D eigenvalue weighted by Gasteiger charge is -2.13. The number of hydrogen-bond donors (Lipinski definition) is 2. The summed E-state index contributed by atoms with van der Waals surface area (Å²) in [4.78, 5) is 9.23. The van der Waals surface area contributed by atoms with Crippen LogP contribution in [0.3, 0.4) is 0 Å². The molecule has 2 N–H and O–H groups in total. The number of methoxy groups -OCH3 is 2. The number of aliphatic imine (C=N–C) groups is 1. The summed E-state index contributed by atoms with van der Waals surface area (Å²) in [6.07, 6.45) is 0. The van der Waals surface area contributed by atoms with Crippen LogP contribution in [0.2, 0.25) is 0 Å². The third-order valence-corrected chi connectivity index (χ3v) is 4.65. The van der Waals surface area contributed by atoms with Crippen LogP contribution in [0.5, 0.6) is 11.5 Å². The number of benzene rings is 1. The molecule has 0 spiro atoms. The summed E-state index contributed by atoms with van der Waals surface area (Å²) in [5, 5.41) is 9.73. The van der Waals surface area contributed by atoms with Crippen molar-refractivity contribution in [3.63, 3.8) is 0 Å². The van der Waals surface area contributed by atoms with Gasteiger partial charge in [-0.2, -0.15) is 0 Å². The molecule has 0 amide bonds. The third-order valence-electron chi connectivity index (χ3n) is 3.45. The topological polar surface area (TPSA) is 67.8 Å². The van der Waals surface area contributed by atoms with E-state index in [2.05, 4.69) is 39.8 Å². The molecule has 0 aliphatic rings. The van der Waals surface area contributed by atoms with E-state index in [-0.39, 0.29) is 24.0 Å². The molecular weight excluding hydrogens is 463 g/mol. The fourth-order valence-electron chi connectivity index (χ4n) is 2.18. The van der Waals surface area contributed by atoms with Crippen molar-refractivity contribution in [3.8, 4) is 11.5 Å². The van der Waals surface area contributed by atoms with Crippen molar-refractivity contribution in [1.82, 2.24) is 10.3 Å². The number of nitrogens with zero attached hydrogens (tertiary/aromatic N) is 2. The molecule has 0 fully saturated rings. The van der Waals surface area contributed by atoms with Gasteiger partial charge in [0, 0.05) is 29.6 Å². The Kier molecular flexibility index (Phi) is 9.71. The van der Waals surface area contributed by atoms with E-state index in [9.17, 15) is 0 Å². The summed E-state index contributed by atoms with van der Waals surface area (Å²) >= 11 is 1.68. The van der Waals surface area contributed by atoms with E-state index in [1.54, 1.807) is 25.6 Å². The second-order valence-corrected chi connectivity index (χ2v) is 6.61. The minimum absolute atomic E-state index is 0. The van der Waals surface area contributed by atoms with E-state index in [0.717, 1.165) is 22.9 Å². The number of guanidine groups is 1. The summed E-state index contributed by atoms with van der Waals surface area (Å²) in [6, 6.07) is 5.67. The Hall–Kier alpha value is -1.55. The molecule has 0 aliphatic carbocycles. The Labute approximate surface area is 176 Å². The molecule has 26 heavy (non-hydrogen) atoms. The van der Waals surface area contributed by atoms with Crippen molar-refractivity contribution in [2.75, 3.05) is 26.1 Å². The molecule has 2 aromatic rings. The molecule has 0 bridgehead atoms. The number of nitrogens with one attached hydrogen (secondary N) is 2. The van der Waals surface area contributed by atoms with Crippen LogP contribution in [0, 0.1) is 0 Å². The number of rotatable bonds is 7. The lowest BCUT2D eigenvalue weighted by molar-refractivity contribution is 0.355. The van der Waals surface area contributed by atoms with Crippen molar-refractivity contribution in [2.45, 2.75) is 33.2 Å². The zero-order chi connectivity index (χ0) is 18.2. The molecule has 144 valence electrons. The lowest BCUT2D eigenvalue weighted by atomic mass is 10.2. The fraction of sp³-hybridized carbons (Fsp3) is 0.444. The average molecular weight is 490 g/mol. The Balaban J connectivity index is 0.00000338. The minimum atomic E-state index is 0. The standard InChI is InChI=1S/C18H26N4O2S.HI/c1-6-19-18(20-10-14-11-25-17(21-14)12(2)3)22-13-7-8-15(23-4)16(9-13)24-5;/h7-9,11-12H,6,10H2,1-5H3,(H2,19,20,22);1H. The highest BCUT2D eigenvalue weighted by Gasteiger charge is 2.08. The van der Waals surface area contributed by atoms with Gasteiger partial charge in [-0.25, -0.2) is 9.98 Å². The number of ether oxygens (including phenoxy) is 2. The van der Waals surface area contributed by atoms with Gasteiger partial charge in [-0.3, -0.25) is 0 Å². The normalized spacial score (nSPS) is 11.1. The molecule has 0 radical (unpaired) electrons. The van der Waals surface area contributed by atoms with Crippen LogP contribution in [0.25, 0.3) is 0 Å². The molecule has 0 saturated heterocycles. The Bertz CT molecular complexity index is 719. The monoisotopic (exact) mass is 490 g/mol. The molecule has 0 aliphatic heterocycles. The summed E-state index contributed by atoms with van der Waals surface area (Å²) in [5.41, 5.74) is 1.86. The van der Waals surface area contributed by atoms with Crippen LogP contribution >= 0.6 is 35.3 Å². The first-order valence-electron chi connectivity index (χ1n) is 8.29. The third kappa shape index (κ3) is 6.31. The van der Waals surface area contributed by atoms with Crippen LogP contribution in [-0.2, 0) is 6.54 Å². The summed E-state index contributed by atoms with van der Waals surface area (Å²) < 4.78 is 10.6. The van der Waals surface area contributed by atoms with Crippen molar-refractivity contribution < 1.29 is 9.47 Å². The summed E-state index contributed by atoms with van der Waals surface area (Å²) in [6.45, 7) is 7.63. The number of thiazole rings is 1. The van der Waals surface area contributed by atoms with Gasteiger partial charge in [0.15, 0.2) is 17.5 Å². The smallest absolute Gasteiger partial charge is 0.196 e. The number of anilines is 1. The SMILES string of the molecule is CCNC(=NCc1csc(C(C)C)n1)Nc1ccc(OC)c(OC)c1.I. The van der Waals surface area contributed by atoms with Crippen LogP contribution < -0.4 is 20.1 Å². The van der Waals surface area contributed by atoms with Gasteiger partial charge in [0.25, 0.3) is 0 Å². The average Bonchev–Trinajstić information content (AvgIpc) is 3.09. The number of aromatic nitrogens is 1. The van der Waals surface area contributed by atoms with E-state index >= 15 is 0 Å². The van der Waals surface area contributed by atoms with Gasteiger partial charge in [-0.15, -0.1) is 35.3 Å². The maximum absolute atomic E-state index is 5.34. The molecular formula is C18H27IN4O2S. The Morgan fingerprint density at radius 3 is 2.54 bits per heavy atom. The maximum atomic E-state index is 5.34.